The van der Waals surface area contributed by atoms with Gasteiger partial charge in [0.1, 0.15) is 0 Å². The average molecular weight is 330 g/mol. The second-order valence-corrected chi connectivity index (χ2v) is 6.67. The van der Waals surface area contributed by atoms with Gasteiger partial charge in [0.25, 0.3) is 5.91 Å². The van der Waals surface area contributed by atoms with Crippen LogP contribution in [0.1, 0.15) is 40.9 Å². The maximum absolute atomic E-state index is 12.1. The number of hydrogen-bond acceptors (Lipinski definition) is 2. The third-order valence-corrected chi connectivity index (χ3v) is 5.70. The van der Waals surface area contributed by atoms with Gasteiger partial charge >= 0.3 is 0 Å². The van der Waals surface area contributed by atoms with E-state index in [1.807, 2.05) is 18.4 Å². The summed E-state index contributed by atoms with van der Waals surface area (Å²) in [5, 5.41) is 6.15. The molecular weight excluding hydrogens is 310 g/mol. The van der Waals surface area contributed by atoms with Crippen molar-refractivity contribution in [3.8, 4) is 0 Å². The van der Waals surface area contributed by atoms with Gasteiger partial charge in [0, 0.05) is 11.9 Å². The molecule has 1 aromatic rings. The summed E-state index contributed by atoms with van der Waals surface area (Å²) in [6.07, 6.45) is 5.19. The fourth-order valence-corrected chi connectivity index (χ4v) is 4.36. The highest BCUT2D eigenvalue weighted by Gasteiger charge is 2.24. The van der Waals surface area contributed by atoms with Crippen molar-refractivity contribution in [2.45, 2.75) is 32.6 Å². The molecule has 18 heavy (non-hydrogen) atoms. The van der Waals surface area contributed by atoms with Crippen molar-refractivity contribution >= 4 is 33.2 Å². The predicted octanol–water partition coefficient (Wildman–Crippen LogP) is 3.99. The number of aryl methyl sites for hydroxylation is 1. The molecule has 0 saturated heterocycles. The largest absolute Gasteiger partial charge is 0.351 e. The van der Waals surface area contributed by atoms with Gasteiger partial charge in [-0.15, -0.1) is 11.3 Å². The molecule has 1 aromatic heterocycles. The minimum atomic E-state index is 0.0985. The first-order chi connectivity index (χ1) is 8.72. The van der Waals surface area contributed by atoms with E-state index in [2.05, 4.69) is 21.2 Å². The van der Waals surface area contributed by atoms with E-state index in [-0.39, 0.29) is 5.91 Å². The van der Waals surface area contributed by atoms with Crippen molar-refractivity contribution < 1.29 is 4.79 Å². The number of carbonyl (C=O) groups is 1. The standard InChI is InChI=1S/C14H20BrNOS/c1-10-6-7-18-13(10)14(17)16-9-12-5-3-2-4-11(12)8-15/h6-7,11-12H,2-5,8-9H2,1H3,(H,16,17). The van der Waals surface area contributed by atoms with Gasteiger partial charge in [-0.05, 0) is 48.6 Å². The molecule has 2 nitrogen and oxygen atoms in total. The molecule has 2 atom stereocenters. The third kappa shape index (κ3) is 3.35. The fraction of sp³-hybridized carbons (Fsp3) is 0.643. The Kier molecular flexibility index (Phi) is 5.25. The van der Waals surface area contributed by atoms with Gasteiger partial charge in [-0.25, -0.2) is 0 Å². The first-order valence-corrected chi connectivity index (χ1v) is 8.60. The predicted molar refractivity (Wildman–Crippen MR) is 80.6 cm³/mol. The second-order valence-electron chi connectivity index (χ2n) is 5.10. The molecule has 1 aliphatic rings. The minimum Gasteiger partial charge on any atom is -0.351 e. The molecule has 0 spiro atoms. The van der Waals surface area contributed by atoms with Gasteiger partial charge in [0.2, 0.25) is 0 Å². The monoisotopic (exact) mass is 329 g/mol. The number of rotatable bonds is 4. The Bertz CT molecular complexity index is 404. The smallest absolute Gasteiger partial charge is 0.261 e. The lowest BCUT2D eigenvalue weighted by atomic mass is 9.80. The zero-order chi connectivity index (χ0) is 13.0. The van der Waals surface area contributed by atoms with Crippen LogP contribution >= 0.6 is 27.3 Å². The molecule has 100 valence electrons. The highest BCUT2D eigenvalue weighted by molar-refractivity contribution is 9.09. The first-order valence-electron chi connectivity index (χ1n) is 6.60. The molecule has 0 bridgehead atoms. The zero-order valence-corrected chi connectivity index (χ0v) is 13.1. The van der Waals surface area contributed by atoms with Gasteiger partial charge in [0.05, 0.1) is 4.88 Å². The van der Waals surface area contributed by atoms with E-state index in [0.29, 0.717) is 5.92 Å². The van der Waals surface area contributed by atoms with Gasteiger partial charge in [-0.1, -0.05) is 28.8 Å². The number of carbonyl (C=O) groups excluding carboxylic acids is 1. The third-order valence-electron chi connectivity index (χ3n) is 3.86. The van der Waals surface area contributed by atoms with Gasteiger partial charge in [-0.2, -0.15) is 0 Å². The molecule has 0 aliphatic heterocycles. The van der Waals surface area contributed by atoms with Crippen molar-refractivity contribution in [2.75, 3.05) is 11.9 Å². The van der Waals surface area contributed by atoms with Crippen LogP contribution in [-0.2, 0) is 0 Å². The zero-order valence-electron chi connectivity index (χ0n) is 10.7. The number of amides is 1. The van der Waals surface area contributed by atoms with Crippen molar-refractivity contribution in [3.05, 3.63) is 21.9 Å². The van der Waals surface area contributed by atoms with E-state index in [1.165, 1.54) is 37.0 Å². The molecular formula is C14H20BrNOS. The molecule has 1 N–H and O–H groups in total. The average Bonchev–Trinajstić information content (AvgIpc) is 2.82. The molecule has 2 unspecified atom stereocenters. The lowest BCUT2D eigenvalue weighted by Gasteiger charge is -2.30. The number of thiophene rings is 1. The Morgan fingerprint density at radius 1 is 1.44 bits per heavy atom. The first kappa shape index (κ1) is 14.1. The highest BCUT2D eigenvalue weighted by Crippen LogP contribution is 2.30. The van der Waals surface area contributed by atoms with Crippen LogP contribution in [0.3, 0.4) is 0 Å². The summed E-state index contributed by atoms with van der Waals surface area (Å²) < 4.78 is 0. The van der Waals surface area contributed by atoms with Crippen LogP contribution in [0.25, 0.3) is 0 Å². The Labute approximate surface area is 121 Å². The van der Waals surface area contributed by atoms with Gasteiger partial charge < -0.3 is 5.32 Å². The van der Waals surface area contributed by atoms with E-state index in [0.717, 1.165) is 28.2 Å². The summed E-state index contributed by atoms with van der Waals surface area (Å²) in [4.78, 5) is 12.9. The summed E-state index contributed by atoms with van der Waals surface area (Å²) in [6, 6.07) is 2.00. The van der Waals surface area contributed by atoms with E-state index < -0.39 is 0 Å². The summed E-state index contributed by atoms with van der Waals surface area (Å²) in [7, 11) is 0. The van der Waals surface area contributed by atoms with Gasteiger partial charge in [-0.3, -0.25) is 4.79 Å². The normalized spacial score (nSPS) is 23.9. The van der Waals surface area contributed by atoms with Crippen LogP contribution in [0.5, 0.6) is 0 Å². The molecule has 0 radical (unpaired) electrons. The van der Waals surface area contributed by atoms with Crippen LogP contribution < -0.4 is 5.32 Å². The van der Waals surface area contributed by atoms with Crippen LogP contribution in [0.15, 0.2) is 11.4 Å². The fourth-order valence-electron chi connectivity index (χ4n) is 2.67. The van der Waals surface area contributed by atoms with Crippen LogP contribution in [0.4, 0.5) is 0 Å². The van der Waals surface area contributed by atoms with Crippen molar-refractivity contribution in [1.82, 2.24) is 5.32 Å². The molecule has 1 aliphatic carbocycles. The summed E-state index contributed by atoms with van der Waals surface area (Å²) in [5.74, 6) is 1.47. The summed E-state index contributed by atoms with van der Waals surface area (Å²) in [5.41, 5.74) is 1.08. The Morgan fingerprint density at radius 2 is 2.17 bits per heavy atom. The molecule has 1 fully saturated rings. The number of alkyl halides is 1. The van der Waals surface area contributed by atoms with E-state index >= 15 is 0 Å². The van der Waals surface area contributed by atoms with Crippen LogP contribution in [-0.4, -0.2) is 17.8 Å². The van der Waals surface area contributed by atoms with E-state index in [9.17, 15) is 4.79 Å². The summed E-state index contributed by atoms with van der Waals surface area (Å²) >= 11 is 5.13. The Balaban J connectivity index is 1.87. The minimum absolute atomic E-state index is 0.0985. The second kappa shape index (κ2) is 6.71. The number of halogens is 1. The van der Waals surface area contributed by atoms with Crippen molar-refractivity contribution in [3.63, 3.8) is 0 Å². The van der Waals surface area contributed by atoms with E-state index in [4.69, 9.17) is 0 Å². The molecule has 0 aromatic carbocycles. The van der Waals surface area contributed by atoms with Gasteiger partial charge in [0.15, 0.2) is 0 Å². The topological polar surface area (TPSA) is 29.1 Å². The Morgan fingerprint density at radius 3 is 2.78 bits per heavy atom. The van der Waals surface area contributed by atoms with E-state index in [1.54, 1.807) is 0 Å². The molecule has 1 saturated carbocycles. The molecule has 1 heterocycles. The van der Waals surface area contributed by atoms with Crippen LogP contribution in [0, 0.1) is 18.8 Å². The molecule has 2 rings (SSSR count). The lowest BCUT2D eigenvalue weighted by molar-refractivity contribution is 0.0940. The highest BCUT2D eigenvalue weighted by atomic mass is 79.9. The molecule has 1 amide bonds. The molecule has 4 heteroatoms. The lowest BCUT2D eigenvalue weighted by Crippen LogP contribution is -2.34. The quantitative estimate of drug-likeness (QED) is 0.831. The maximum atomic E-state index is 12.1. The number of hydrogen-bond donors (Lipinski definition) is 1. The number of nitrogens with one attached hydrogen (secondary N) is 1. The SMILES string of the molecule is Cc1ccsc1C(=O)NCC1CCCCC1CBr. The van der Waals surface area contributed by atoms with Crippen molar-refractivity contribution in [2.24, 2.45) is 11.8 Å². The van der Waals surface area contributed by atoms with Crippen molar-refractivity contribution in [1.29, 1.82) is 0 Å². The summed E-state index contributed by atoms with van der Waals surface area (Å²) in [6.45, 7) is 2.82. The van der Waals surface area contributed by atoms with Crippen LogP contribution in [0.2, 0.25) is 0 Å². The maximum Gasteiger partial charge on any atom is 0.261 e. The Hall–Kier alpha value is -0.350.